The summed E-state index contributed by atoms with van der Waals surface area (Å²) in [5.74, 6) is 0.922. The van der Waals surface area contributed by atoms with Crippen molar-refractivity contribution < 1.29 is 19.1 Å². The third-order valence-corrected chi connectivity index (χ3v) is 6.87. The number of carbonyl (C=O) groups excluding carboxylic acids is 2. The van der Waals surface area contributed by atoms with Crippen molar-refractivity contribution in [1.82, 2.24) is 0 Å². The quantitative estimate of drug-likeness (QED) is 0.713. The lowest BCUT2D eigenvalue weighted by Gasteiger charge is -2.20. The molecule has 1 saturated heterocycles. The van der Waals surface area contributed by atoms with E-state index in [1.165, 1.54) is 14.2 Å². The predicted molar refractivity (Wildman–Crippen MR) is 67.9 cm³/mol. The topological polar surface area (TPSA) is 52.6 Å². The minimum Gasteiger partial charge on any atom is -0.469 e. The van der Waals surface area contributed by atoms with Crippen molar-refractivity contribution in [3.05, 3.63) is 0 Å². The molecule has 0 radical (unpaired) electrons. The number of esters is 2. The van der Waals surface area contributed by atoms with Crippen molar-refractivity contribution in [2.75, 3.05) is 25.7 Å². The van der Waals surface area contributed by atoms with Gasteiger partial charge in [0.15, 0.2) is 0 Å². The Morgan fingerprint density at radius 3 is 1.76 bits per heavy atom. The fourth-order valence-corrected chi connectivity index (χ4v) is 6.00. The highest BCUT2D eigenvalue weighted by Gasteiger charge is 2.53. The highest BCUT2D eigenvalue weighted by molar-refractivity contribution is 8.21. The van der Waals surface area contributed by atoms with Crippen LogP contribution in [0, 0.1) is 11.8 Å². The van der Waals surface area contributed by atoms with Crippen LogP contribution in [0.4, 0.5) is 0 Å². The Morgan fingerprint density at radius 2 is 1.41 bits per heavy atom. The first-order chi connectivity index (χ1) is 8.12. The van der Waals surface area contributed by atoms with E-state index in [2.05, 4.69) is 0 Å². The molecule has 96 valence electrons. The van der Waals surface area contributed by atoms with E-state index in [1.54, 1.807) is 0 Å². The Labute approximate surface area is 109 Å². The fourth-order valence-electron chi connectivity index (χ4n) is 2.57. The summed E-state index contributed by atoms with van der Waals surface area (Å²) < 4.78 is 9.62. The van der Waals surface area contributed by atoms with Crippen LogP contribution >= 0.6 is 23.5 Å². The monoisotopic (exact) mass is 276 g/mol. The van der Waals surface area contributed by atoms with Gasteiger partial charge in [0.05, 0.1) is 30.1 Å². The zero-order valence-electron chi connectivity index (χ0n) is 9.93. The fraction of sp³-hybridized carbons (Fsp3) is 0.818. The Hall–Kier alpha value is -0.360. The molecule has 0 aromatic rings. The van der Waals surface area contributed by atoms with E-state index in [0.29, 0.717) is 0 Å². The third-order valence-electron chi connectivity index (χ3n) is 3.37. The van der Waals surface area contributed by atoms with Gasteiger partial charge < -0.3 is 9.47 Å². The molecule has 2 fully saturated rings. The van der Waals surface area contributed by atoms with Gasteiger partial charge in [-0.3, -0.25) is 9.59 Å². The average Bonchev–Trinajstić information content (AvgIpc) is 2.95. The smallest absolute Gasteiger partial charge is 0.309 e. The summed E-state index contributed by atoms with van der Waals surface area (Å²) in [6, 6.07) is 0. The molecule has 0 bridgehead atoms. The van der Waals surface area contributed by atoms with Gasteiger partial charge in [-0.2, -0.15) is 0 Å². The molecule has 0 unspecified atom stereocenters. The SMILES string of the molecule is COC(=O)[C@H]1CC2(C[C@@H]1C(=O)OC)SCCS2. The summed E-state index contributed by atoms with van der Waals surface area (Å²) in [5.41, 5.74) is 0. The van der Waals surface area contributed by atoms with Crippen molar-refractivity contribution in [3.63, 3.8) is 0 Å². The Kier molecular flexibility index (Phi) is 3.92. The molecule has 0 N–H and O–H groups in total. The molecule has 2 rings (SSSR count). The zero-order valence-corrected chi connectivity index (χ0v) is 11.6. The van der Waals surface area contributed by atoms with Crippen LogP contribution in [0.25, 0.3) is 0 Å². The Bertz CT molecular complexity index is 299. The van der Waals surface area contributed by atoms with Crippen LogP contribution in [-0.4, -0.2) is 41.7 Å². The van der Waals surface area contributed by atoms with Crippen LogP contribution in [0.5, 0.6) is 0 Å². The third kappa shape index (κ3) is 2.42. The maximum Gasteiger partial charge on any atom is 0.309 e. The molecule has 2 atom stereocenters. The van der Waals surface area contributed by atoms with Crippen LogP contribution in [0.2, 0.25) is 0 Å². The highest BCUT2D eigenvalue weighted by atomic mass is 32.2. The molecule has 0 amide bonds. The van der Waals surface area contributed by atoms with E-state index >= 15 is 0 Å². The zero-order chi connectivity index (χ0) is 12.5. The van der Waals surface area contributed by atoms with E-state index in [9.17, 15) is 9.59 Å². The number of methoxy groups -OCH3 is 2. The van der Waals surface area contributed by atoms with Gasteiger partial charge in [0.25, 0.3) is 0 Å². The lowest BCUT2D eigenvalue weighted by atomic mass is 9.96. The van der Waals surface area contributed by atoms with Crippen molar-refractivity contribution in [2.45, 2.75) is 16.9 Å². The van der Waals surface area contributed by atoms with Crippen LogP contribution in [0.1, 0.15) is 12.8 Å². The summed E-state index contributed by atoms with van der Waals surface area (Å²) in [4.78, 5) is 23.5. The first-order valence-corrected chi connectivity index (χ1v) is 7.52. The standard InChI is InChI=1S/C11H16O4S2/c1-14-9(12)7-5-11(16-3-4-17-11)6-8(7)10(13)15-2/h7-8H,3-6H2,1-2H3/t7-,8-/m0/s1. The Balaban J connectivity index is 2.17. The normalized spacial score (nSPS) is 30.5. The van der Waals surface area contributed by atoms with E-state index in [4.69, 9.17) is 9.47 Å². The molecule has 17 heavy (non-hydrogen) atoms. The molecule has 1 spiro atoms. The largest absolute Gasteiger partial charge is 0.469 e. The molecule has 4 nitrogen and oxygen atoms in total. The first-order valence-electron chi connectivity index (χ1n) is 5.55. The molecule has 1 aliphatic carbocycles. The van der Waals surface area contributed by atoms with Gasteiger partial charge in [0, 0.05) is 11.5 Å². The summed E-state index contributed by atoms with van der Waals surface area (Å²) in [7, 11) is 2.74. The minimum atomic E-state index is -0.342. The van der Waals surface area contributed by atoms with Crippen molar-refractivity contribution in [3.8, 4) is 0 Å². The number of hydrogen-bond donors (Lipinski definition) is 0. The maximum absolute atomic E-state index is 11.7. The summed E-state index contributed by atoms with van der Waals surface area (Å²) >= 11 is 3.73. The molecule has 1 aliphatic heterocycles. The summed E-state index contributed by atoms with van der Waals surface area (Å²) in [6.07, 6.45) is 1.43. The number of hydrogen-bond acceptors (Lipinski definition) is 6. The van der Waals surface area contributed by atoms with Gasteiger partial charge in [-0.05, 0) is 12.8 Å². The molecule has 2 aliphatic rings. The van der Waals surface area contributed by atoms with Gasteiger partial charge in [0.1, 0.15) is 0 Å². The van der Waals surface area contributed by atoms with Crippen LogP contribution in [-0.2, 0) is 19.1 Å². The maximum atomic E-state index is 11.7. The minimum absolute atomic E-state index is 0.0255. The summed E-state index contributed by atoms with van der Waals surface area (Å²) in [6.45, 7) is 0. The van der Waals surface area contributed by atoms with E-state index in [0.717, 1.165) is 24.3 Å². The number of rotatable bonds is 2. The van der Waals surface area contributed by atoms with E-state index in [-0.39, 0.29) is 27.9 Å². The first kappa shape index (κ1) is 13.1. The van der Waals surface area contributed by atoms with Gasteiger partial charge >= 0.3 is 11.9 Å². The van der Waals surface area contributed by atoms with Crippen molar-refractivity contribution >= 4 is 35.5 Å². The van der Waals surface area contributed by atoms with Crippen LogP contribution < -0.4 is 0 Å². The second-order valence-electron chi connectivity index (χ2n) is 4.28. The highest BCUT2D eigenvalue weighted by Crippen LogP contribution is 2.58. The molecular formula is C11H16O4S2. The number of ether oxygens (including phenoxy) is 2. The van der Waals surface area contributed by atoms with Crippen LogP contribution in [0.15, 0.2) is 0 Å². The molecular weight excluding hydrogens is 260 g/mol. The second kappa shape index (κ2) is 5.10. The van der Waals surface area contributed by atoms with E-state index < -0.39 is 0 Å². The summed E-state index contributed by atoms with van der Waals surface area (Å²) in [5, 5.41) is 0. The molecule has 1 heterocycles. The lowest BCUT2D eigenvalue weighted by molar-refractivity contribution is -0.156. The molecule has 0 aromatic heterocycles. The molecule has 0 aromatic carbocycles. The molecule has 6 heteroatoms. The van der Waals surface area contributed by atoms with Crippen molar-refractivity contribution in [1.29, 1.82) is 0 Å². The lowest BCUT2D eigenvalue weighted by Crippen LogP contribution is -2.27. The number of thioether (sulfide) groups is 2. The molecule has 1 saturated carbocycles. The van der Waals surface area contributed by atoms with Gasteiger partial charge in [-0.25, -0.2) is 0 Å². The number of carbonyl (C=O) groups is 2. The Morgan fingerprint density at radius 1 is 1.00 bits per heavy atom. The second-order valence-corrected chi connectivity index (χ2v) is 7.49. The van der Waals surface area contributed by atoms with Gasteiger partial charge in [-0.15, -0.1) is 23.5 Å². The average molecular weight is 276 g/mol. The van der Waals surface area contributed by atoms with Crippen molar-refractivity contribution in [2.24, 2.45) is 11.8 Å². The van der Waals surface area contributed by atoms with Gasteiger partial charge in [0.2, 0.25) is 0 Å². The predicted octanol–water partition coefficient (Wildman–Crippen LogP) is 1.53. The van der Waals surface area contributed by atoms with Crippen LogP contribution in [0.3, 0.4) is 0 Å². The van der Waals surface area contributed by atoms with Gasteiger partial charge in [-0.1, -0.05) is 0 Å². The van der Waals surface area contributed by atoms with E-state index in [1.807, 2.05) is 23.5 Å².